The first-order chi connectivity index (χ1) is 9.49. The number of benzene rings is 1. The van der Waals surface area contributed by atoms with Crippen molar-refractivity contribution in [2.24, 2.45) is 0 Å². The van der Waals surface area contributed by atoms with Gasteiger partial charge in [-0.25, -0.2) is 4.79 Å². The van der Waals surface area contributed by atoms with Gasteiger partial charge in [-0.05, 0) is 23.6 Å². The SMILES string of the molecule is CC(CC(=O)NCCOCC(=O)O)c1ccc(N)cc1. The Morgan fingerprint density at radius 3 is 2.60 bits per heavy atom. The molecule has 0 spiro atoms. The zero-order valence-electron chi connectivity index (χ0n) is 11.5. The normalized spacial score (nSPS) is 11.8. The predicted molar refractivity (Wildman–Crippen MR) is 75.4 cm³/mol. The van der Waals surface area contributed by atoms with Gasteiger partial charge in [0, 0.05) is 18.7 Å². The topological polar surface area (TPSA) is 102 Å². The highest BCUT2D eigenvalue weighted by molar-refractivity contribution is 5.76. The van der Waals surface area contributed by atoms with E-state index in [4.69, 9.17) is 15.6 Å². The number of ether oxygens (including phenoxy) is 1. The molecule has 0 aromatic heterocycles. The second-order valence-corrected chi connectivity index (χ2v) is 4.57. The molecule has 0 radical (unpaired) electrons. The maximum Gasteiger partial charge on any atom is 0.329 e. The van der Waals surface area contributed by atoms with Crippen LogP contribution in [-0.4, -0.2) is 36.7 Å². The summed E-state index contributed by atoms with van der Waals surface area (Å²) in [5.74, 6) is -1.02. The molecule has 0 aliphatic carbocycles. The molecular weight excluding hydrogens is 260 g/mol. The van der Waals surface area contributed by atoms with Gasteiger partial charge in [0.1, 0.15) is 6.61 Å². The maximum atomic E-state index is 11.7. The number of carboxylic acid groups (broad SMARTS) is 1. The van der Waals surface area contributed by atoms with Gasteiger partial charge < -0.3 is 20.9 Å². The molecule has 1 aromatic carbocycles. The minimum Gasteiger partial charge on any atom is -0.480 e. The summed E-state index contributed by atoms with van der Waals surface area (Å²) < 4.78 is 4.82. The molecule has 0 heterocycles. The number of rotatable bonds is 8. The molecule has 6 heteroatoms. The number of carboxylic acids is 1. The third-order valence-electron chi connectivity index (χ3n) is 2.79. The Balaban J connectivity index is 2.24. The number of carbonyl (C=O) groups excluding carboxylic acids is 1. The van der Waals surface area contributed by atoms with Gasteiger partial charge in [-0.15, -0.1) is 0 Å². The molecule has 0 saturated carbocycles. The smallest absolute Gasteiger partial charge is 0.329 e. The van der Waals surface area contributed by atoms with Crippen LogP contribution < -0.4 is 11.1 Å². The average Bonchev–Trinajstić information content (AvgIpc) is 2.38. The number of nitrogens with one attached hydrogen (secondary N) is 1. The fraction of sp³-hybridized carbons (Fsp3) is 0.429. The van der Waals surface area contributed by atoms with Crippen molar-refractivity contribution in [1.82, 2.24) is 5.32 Å². The number of carbonyl (C=O) groups is 2. The summed E-state index contributed by atoms with van der Waals surface area (Å²) in [7, 11) is 0. The van der Waals surface area contributed by atoms with Crippen LogP contribution in [0.25, 0.3) is 0 Å². The molecule has 4 N–H and O–H groups in total. The van der Waals surface area contributed by atoms with Crippen molar-refractivity contribution in [1.29, 1.82) is 0 Å². The second-order valence-electron chi connectivity index (χ2n) is 4.57. The number of hydrogen-bond acceptors (Lipinski definition) is 4. The van der Waals surface area contributed by atoms with Gasteiger partial charge in [-0.2, -0.15) is 0 Å². The van der Waals surface area contributed by atoms with Crippen molar-refractivity contribution < 1.29 is 19.4 Å². The monoisotopic (exact) mass is 280 g/mol. The Morgan fingerprint density at radius 1 is 1.35 bits per heavy atom. The van der Waals surface area contributed by atoms with Crippen LogP contribution >= 0.6 is 0 Å². The average molecular weight is 280 g/mol. The molecule has 0 aliphatic rings. The van der Waals surface area contributed by atoms with E-state index in [2.05, 4.69) is 5.32 Å². The Bertz CT molecular complexity index is 445. The van der Waals surface area contributed by atoms with Gasteiger partial charge in [-0.3, -0.25) is 4.79 Å². The van der Waals surface area contributed by atoms with Gasteiger partial charge in [-0.1, -0.05) is 19.1 Å². The molecule has 20 heavy (non-hydrogen) atoms. The van der Waals surface area contributed by atoms with Crippen LogP contribution in [0.5, 0.6) is 0 Å². The highest BCUT2D eigenvalue weighted by Crippen LogP contribution is 2.19. The van der Waals surface area contributed by atoms with Crippen molar-refractivity contribution in [2.45, 2.75) is 19.3 Å². The Hall–Kier alpha value is -2.08. The standard InChI is InChI=1S/C14H20N2O4/c1-10(11-2-4-12(15)5-3-11)8-13(17)16-6-7-20-9-14(18)19/h2-5,10H,6-9,15H2,1H3,(H,16,17)(H,18,19). The van der Waals surface area contributed by atoms with E-state index in [1.54, 1.807) is 0 Å². The third kappa shape index (κ3) is 6.19. The van der Waals surface area contributed by atoms with E-state index < -0.39 is 5.97 Å². The maximum absolute atomic E-state index is 11.7. The number of nitrogen functional groups attached to an aromatic ring is 1. The van der Waals surface area contributed by atoms with Crippen molar-refractivity contribution in [2.75, 3.05) is 25.5 Å². The summed E-state index contributed by atoms with van der Waals surface area (Å²) in [6, 6.07) is 7.43. The molecule has 1 atom stereocenters. The van der Waals surface area contributed by atoms with Crippen molar-refractivity contribution in [3.8, 4) is 0 Å². The Kier molecular flexibility index (Phi) is 6.52. The molecule has 0 bridgehead atoms. The summed E-state index contributed by atoms with van der Waals surface area (Å²) in [5, 5.41) is 11.1. The van der Waals surface area contributed by atoms with Crippen molar-refractivity contribution >= 4 is 17.6 Å². The number of aliphatic carboxylic acids is 1. The fourth-order valence-electron chi connectivity index (χ4n) is 1.71. The number of anilines is 1. The van der Waals surface area contributed by atoms with Crippen LogP contribution in [0.15, 0.2) is 24.3 Å². The molecule has 0 aliphatic heterocycles. The predicted octanol–water partition coefficient (Wildman–Crippen LogP) is 0.980. The van der Waals surface area contributed by atoms with Gasteiger partial charge in [0.15, 0.2) is 0 Å². The zero-order valence-corrected chi connectivity index (χ0v) is 11.5. The molecule has 1 aromatic rings. The molecule has 1 unspecified atom stereocenters. The lowest BCUT2D eigenvalue weighted by molar-refractivity contribution is -0.142. The summed E-state index contributed by atoms with van der Waals surface area (Å²) in [4.78, 5) is 21.9. The third-order valence-corrected chi connectivity index (χ3v) is 2.79. The minimum atomic E-state index is -1.02. The van der Waals surface area contributed by atoms with Gasteiger partial charge >= 0.3 is 5.97 Å². The molecule has 0 fully saturated rings. The van der Waals surface area contributed by atoms with Crippen LogP contribution in [-0.2, 0) is 14.3 Å². The lowest BCUT2D eigenvalue weighted by Crippen LogP contribution is -2.28. The Labute approximate surface area is 117 Å². The summed E-state index contributed by atoms with van der Waals surface area (Å²) >= 11 is 0. The quantitative estimate of drug-likeness (QED) is 0.486. The molecule has 0 saturated heterocycles. The minimum absolute atomic E-state index is 0.0896. The Morgan fingerprint density at radius 2 is 2.00 bits per heavy atom. The second kappa shape index (κ2) is 8.16. The molecular formula is C14H20N2O4. The van der Waals surface area contributed by atoms with Crippen LogP contribution in [0.1, 0.15) is 24.8 Å². The summed E-state index contributed by atoms with van der Waals surface area (Å²) in [6.45, 7) is 2.11. The van der Waals surface area contributed by atoms with Crippen LogP contribution in [0.4, 0.5) is 5.69 Å². The van der Waals surface area contributed by atoms with Gasteiger partial charge in [0.25, 0.3) is 0 Å². The van der Waals surface area contributed by atoms with E-state index in [0.717, 1.165) is 5.56 Å². The van der Waals surface area contributed by atoms with E-state index in [-0.39, 0.29) is 25.0 Å². The van der Waals surface area contributed by atoms with Crippen molar-refractivity contribution in [3.05, 3.63) is 29.8 Å². The lowest BCUT2D eigenvalue weighted by atomic mass is 9.97. The highest BCUT2D eigenvalue weighted by atomic mass is 16.5. The fourth-order valence-corrected chi connectivity index (χ4v) is 1.71. The zero-order chi connectivity index (χ0) is 15.0. The first-order valence-electron chi connectivity index (χ1n) is 6.40. The molecule has 6 nitrogen and oxygen atoms in total. The first kappa shape index (κ1) is 16.0. The summed E-state index contributed by atoms with van der Waals surface area (Å²) in [6.07, 6.45) is 0.364. The largest absolute Gasteiger partial charge is 0.480 e. The molecule has 1 rings (SSSR count). The van der Waals surface area contributed by atoms with Gasteiger partial charge in [0.05, 0.1) is 6.61 Å². The van der Waals surface area contributed by atoms with E-state index >= 15 is 0 Å². The van der Waals surface area contributed by atoms with E-state index in [1.165, 1.54) is 0 Å². The van der Waals surface area contributed by atoms with Gasteiger partial charge in [0.2, 0.25) is 5.91 Å². The van der Waals surface area contributed by atoms with E-state index in [9.17, 15) is 9.59 Å². The molecule has 110 valence electrons. The van der Waals surface area contributed by atoms with Crippen molar-refractivity contribution in [3.63, 3.8) is 0 Å². The number of amides is 1. The van der Waals surface area contributed by atoms with E-state index in [1.807, 2.05) is 31.2 Å². The lowest BCUT2D eigenvalue weighted by Gasteiger charge is -2.12. The molecule has 1 amide bonds. The van der Waals surface area contributed by atoms with E-state index in [0.29, 0.717) is 18.7 Å². The number of nitrogens with two attached hydrogens (primary N) is 1. The highest BCUT2D eigenvalue weighted by Gasteiger charge is 2.10. The van der Waals surface area contributed by atoms with Crippen LogP contribution in [0.2, 0.25) is 0 Å². The first-order valence-corrected chi connectivity index (χ1v) is 6.40. The van der Waals surface area contributed by atoms with Crippen LogP contribution in [0.3, 0.4) is 0 Å². The van der Waals surface area contributed by atoms with Crippen LogP contribution in [0, 0.1) is 0 Å². The number of hydrogen-bond donors (Lipinski definition) is 3. The summed E-state index contributed by atoms with van der Waals surface area (Å²) in [5.41, 5.74) is 7.36.